The molecule has 5 heteroatoms. The zero-order valence-corrected chi connectivity index (χ0v) is 16.5. The van der Waals surface area contributed by atoms with Gasteiger partial charge in [-0.3, -0.25) is 4.99 Å². The van der Waals surface area contributed by atoms with Gasteiger partial charge in [-0.15, -0.1) is 24.0 Å². The van der Waals surface area contributed by atoms with Crippen molar-refractivity contribution in [3.05, 3.63) is 0 Å². The minimum Gasteiger partial charge on any atom is -0.385 e. The monoisotopic (exact) mass is 411 g/mol. The van der Waals surface area contributed by atoms with Crippen LogP contribution in [0.5, 0.6) is 0 Å². The third-order valence-corrected chi connectivity index (χ3v) is 4.36. The van der Waals surface area contributed by atoms with Crippen molar-refractivity contribution < 1.29 is 4.74 Å². The molecule has 0 spiro atoms. The Kier molecular flexibility index (Phi) is 11.5. The summed E-state index contributed by atoms with van der Waals surface area (Å²) < 4.78 is 5.23. The van der Waals surface area contributed by atoms with Crippen molar-refractivity contribution in [3.8, 4) is 0 Å². The molecule has 0 bridgehead atoms. The maximum absolute atomic E-state index is 5.23. The number of guanidine groups is 1. The first kappa shape index (κ1) is 21.0. The van der Waals surface area contributed by atoms with Crippen LogP contribution >= 0.6 is 24.0 Å². The lowest BCUT2D eigenvalue weighted by molar-refractivity contribution is 0.0732. The molecule has 4 nitrogen and oxygen atoms in total. The highest BCUT2D eigenvalue weighted by Gasteiger charge is 2.36. The predicted molar refractivity (Wildman–Crippen MR) is 102 cm³/mol. The van der Waals surface area contributed by atoms with Crippen molar-refractivity contribution in [2.75, 3.05) is 33.9 Å². The van der Waals surface area contributed by atoms with Crippen molar-refractivity contribution in [1.82, 2.24) is 10.6 Å². The number of hydrogen-bond acceptors (Lipinski definition) is 2. The molecule has 0 heterocycles. The SMILES string of the molecule is CN=C(NCCCC(C)C)NCC1(CCOC)CCC1.I. The van der Waals surface area contributed by atoms with Crippen LogP contribution in [0.1, 0.15) is 52.4 Å². The molecule has 0 atom stereocenters. The van der Waals surface area contributed by atoms with Crippen LogP contribution in [0, 0.1) is 11.3 Å². The molecular weight excluding hydrogens is 377 g/mol. The molecule has 0 aromatic carbocycles. The Morgan fingerprint density at radius 2 is 2.00 bits per heavy atom. The van der Waals surface area contributed by atoms with Gasteiger partial charge in [-0.1, -0.05) is 20.3 Å². The number of ether oxygens (including phenoxy) is 1. The second-order valence-electron chi connectivity index (χ2n) is 6.48. The lowest BCUT2D eigenvalue weighted by atomic mass is 9.67. The molecule has 1 saturated carbocycles. The normalized spacial score (nSPS) is 17.1. The number of rotatable bonds is 9. The van der Waals surface area contributed by atoms with Crippen molar-refractivity contribution in [1.29, 1.82) is 0 Å². The predicted octanol–water partition coefficient (Wildman–Crippen LogP) is 3.41. The lowest BCUT2D eigenvalue weighted by Crippen LogP contribution is -2.47. The second-order valence-corrected chi connectivity index (χ2v) is 6.48. The Morgan fingerprint density at radius 1 is 1.29 bits per heavy atom. The molecule has 1 fully saturated rings. The molecule has 0 radical (unpaired) electrons. The summed E-state index contributed by atoms with van der Waals surface area (Å²) in [5.74, 6) is 1.72. The largest absolute Gasteiger partial charge is 0.385 e. The van der Waals surface area contributed by atoms with E-state index in [9.17, 15) is 0 Å². The Hall–Kier alpha value is -0.0400. The molecule has 0 unspecified atom stereocenters. The number of nitrogens with zero attached hydrogens (tertiary/aromatic N) is 1. The molecule has 0 aromatic heterocycles. The van der Waals surface area contributed by atoms with Gasteiger partial charge in [-0.25, -0.2) is 0 Å². The fourth-order valence-electron chi connectivity index (χ4n) is 2.72. The van der Waals surface area contributed by atoms with E-state index in [1.807, 2.05) is 7.05 Å². The summed E-state index contributed by atoms with van der Waals surface area (Å²) in [6.07, 6.45) is 7.60. The Bertz CT molecular complexity index is 291. The van der Waals surface area contributed by atoms with E-state index in [2.05, 4.69) is 29.5 Å². The van der Waals surface area contributed by atoms with Gasteiger partial charge in [-0.2, -0.15) is 0 Å². The molecule has 0 saturated heterocycles. The fraction of sp³-hybridized carbons (Fsp3) is 0.938. The highest BCUT2D eigenvalue weighted by Crippen LogP contribution is 2.43. The molecule has 21 heavy (non-hydrogen) atoms. The average Bonchev–Trinajstić information content (AvgIpc) is 2.39. The zero-order chi connectivity index (χ0) is 14.8. The fourth-order valence-corrected chi connectivity index (χ4v) is 2.72. The molecule has 126 valence electrons. The van der Waals surface area contributed by atoms with Gasteiger partial charge in [0.2, 0.25) is 0 Å². The molecule has 2 N–H and O–H groups in total. The molecule has 1 rings (SSSR count). The highest BCUT2D eigenvalue weighted by molar-refractivity contribution is 14.0. The lowest BCUT2D eigenvalue weighted by Gasteiger charge is -2.42. The summed E-state index contributed by atoms with van der Waals surface area (Å²) in [5, 5.41) is 6.90. The molecule has 0 amide bonds. The number of aliphatic imine (C=N–C) groups is 1. The zero-order valence-electron chi connectivity index (χ0n) is 14.2. The van der Waals surface area contributed by atoms with Crippen LogP contribution in [-0.4, -0.2) is 39.8 Å². The van der Waals surface area contributed by atoms with Gasteiger partial charge in [0.1, 0.15) is 0 Å². The van der Waals surface area contributed by atoms with Crippen LogP contribution in [-0.2, 0) is 4.74 Å². The molecule has 1 aliphatic carbocycles. The number of nitrogens with one attached hydrogen (secondary N) is 2. The summed E-state index contributed by atoms with van der Waals surface area (Å²) >= 11 is 0. The number of halogens is 1. The summed E-state index contributed by atoms with van der Waals surface area (Å²) in [7, 11) is 3.63. The van der Waals surface area contributed by atoms with Crippen LogP contribution < -0.4 is 10.6 Å². The van der Waals surface area contributed by atoms with E-state index in [-0.39, 0.29) is 24.0 Å². The smallest absolute Gasteiger partial charge is 0.190 e. The van der Waals surface area contributed by atoms with Gasteiger partial charge in [0, 0.05) is 33.9 Å². The van der Waals surface area contributed by atoms with Crippen LogP contribution in [0.3, 0.4) is 0 Å². The van der Waals surface area contributed by atoms with Crippen molar-refractivity contribution in [2.45, 2.75) is 52.4 Å². The average molecular weight is 411 g/mol. The number of methoxy groups -OCH3 is 1. The quantitative estimate of drug-likeness (QED) is 0.265. The maximum atomic E-state index is 5.23. The third kappa shape index (κ3) is 8.24. The summed E-state index contributed by atoms with van der Waals surface area (Å²) in [6, 6.07) is 0. The van der Waals surface area contributed by atoms with E-state index >= 15 is 0 Å². The van der Waals surface area contributed by atoms with Gasteiger partial charge < -0.3 is 15.4 Å². The van der Waals surface area contributed by atoms with Crippen LogP contribution in [0.25, 0.3) is 0 Å². The van der Waals surface area contributed by atoms with Gasteiger partial charge in [0.25, 0.3) is 0 Å². The first-order chi connectivity index (χ1) is 9.62. The van der Waals surface area contributed by atoms with E-state index in [4.69, 9.17) is 4.74 Å². The molecular formula is C16H34IN3O. The Labute approximate surface area is 147 Å². The van der Waals surface area contributed by atoms with Crippen molar-refractivity contribution >= 4 is 29.9 Å². The molecule has 0 aromatic rings. The minimum absolute atomic E-state index is 0. The van der Waals surface area contributed by atoms with Crippen LogP contribution in [0.15, 0.2) is 4.99 Å². The van der Waals surface area contributed by atoms with Crippen LogP contribution in [0.4, 0.5) is 0 Å². The van der Waals surface area contributed by atoms with Gasteiger partial charge >= 0.3 is 0 Å². The Balaban J connectivity index is 0.00000400. The third-order valence-electron chi connectivity index (χ3n) is 4.36. The van der Waals surface area contributed by atoms with Gasteiger partial charge in [0.15, 0.2) is 5.96 Å². The summed E-state index contributed by atoms with van der Waals surface area (Å²) in [4.78, 5) is 4.31. The van der Waals surface area contributed by atoms with Crippen LogP contribution in [0.2, 0.25) is 0 Å². The van der Waals surface area contributed by atoms with Crippen molar-refractivity contribution in [2.24, 2.45) is 16.3 Å². The van der Waals surface area contributed by atoms with Crippen molar-refractivity contribution in [3.63, 3.8) is 0 Å². The first-order valence-electron chi connectivity index (χ1n) is 8.05. The number of hydrogen-bond donors (Lipinski definition) is 2. The van der Waals surface area contributed by atoms with Gasteiger partial charge in [0.05, 0.1) is 0 Å². The maximum Gasteiger partial charge on any atom is 0.190 e. The highest BCUT2D eigenvalue weighted by atomic mass is 127. The molecule has 1 aliphatic rings. The minimum atomic E-state index is 0. The van der Waals surface area contributed by atoms with E-state index in [1.165, 1.54) is 32.1 Å². The molecule has 0 aliphatic heterocycles. The van der Waals surface area contributed by atoms with E-state index in [0.717, 1.165) is 38.0 Å². The van der Waals surface area contributed by atoms with E-state index < -0.39 is 0 Å². The summed E-state index contributed by atoms with van der Waals surface area (Å²) in [6.45, 7) is 7.41. The summed E-state index contributed by atoms with van der Waals surface area (Å²) in [5.41, 5.74) is 0.436. The van der Waals surface area contributed by atoms with Gasteiger partial charge in [-0.05, 0) is 43.4 Å². The van der Waals surface area contributed by atoms with E-state index in [1.54, 1.807) is 7.11 Å². The standard InChI is InChI=1S/C16H33N3O.HI/c1-14(2)7-5-11-18-15(17-3)19-13-16(8-6-9-16)10-12-20-4;/h14H,5-13H2,1-4H3,(H2,17,18,19);1H. The topological polar surface area (TPSA) is 45.7 Å². The van der Waals surface area contributed by atoms with E-state index in [0.29, 0.717) is 5.41 Å². The first-order valence-corrected chi connectivity index (χ1v) is 8.05. The Morgan fingerprint density at radius 3 is 2.48 bits per heavy atom. The second kappa shape index (κ2) is 11.5.